The summed E-state index contributed by atoms with van der Waals surface area (Å²) in [6.45, 7) is 3.52. The summed E-state index contributed by atoms with van der Waals surface area (Å²) in [5.74, 6) is -2.10. The molecule has 1 saturated carbocycles. The Kier molecular flexibility index (Phi) is 9.33. The van der Waals surface area contributed by atoms with E-state index in [0.717, 1.165) is 37.0 Å². The molecule has 4 rings (SSSR count). The van der Waals surface area contributed by atoms with Gasteiger partial charge in [-0.2, -0.15) is 13.2 Å². The molecule has 0 unspecified atom stereocenters. The average Bonchev–Trinajstić information content (AvgIpc) is 3.32. The van der Waals surface area contributed by atoms with Crippen LogP contribution in [-0.4, -0.2) is 53.8 Å². The lowest BCUT2D eigenvalue weighted by molar-refractivity contribution is -0.156. The topological polar surface area (TPSA) is 88.1 Å². The van der Waals surface area contributed by atoms with Gasteiger partial charge in [-0.05, 0) is 50.5 Å². The molecule has 2 aromatic carbocycles. The summed E-state index contributed by atoms with van der Waals surface area (Å²) in [4.78, 5) is 28.7. The van der Waals surface area contributed by atoms with E-state index in [9.17, 15) is 27.9 Å². The van der Waals surface area contributed by atoms with E-state index in [4.69, 9.17) is 9.47 Å². The van der Waals surface area contributed by atoms with Gasteiger partial charge in [0.15, 0.2) is 0 Å². The highest BCUT2D eigenvalue weighted by Crippen LogP contribution is 2.48. The molecule has 10 heteroatoms. The van der Waals surface area contributed by atoms with E-state index < -0.39 is 47.4 Å². The van der Waals surface area contributed by atoms with Crippen LogP contribution >= 0.6 is 0 Å². The van der Waals surface area contributed by atoms with Crippen molar-refractivity contribution >= 4 is 11.9 Å². The second kappa shape index (κ2) is 12.4. The Morgan fingerprint density at radius 1 is 1.02 bits per heavy atom. The number of benzene rings is 2. The average molecular weight is 577 g/mol. The maximum absolute atomic E-state index is 14.2. The molecule has 2 aliphatic rings. The Bertz CT molecular complexity index is 1210. The zero-order chi connectivity index (χ0) is 29.9. The summed E-state index contributed by atoms with van der Waals surface area (Å²) < 4.78 is 51.9. The first-order valence-corrected chi connectivity index (χ1v) is 14.0. The maximum atomic E-state index is 14.2. The molecule has 0 spiro atoms. The standard InChI is InChI=1S/C31H39F3N2O5/c1-30(2,41-4)24-25(35-18-21-17-22(31(32,33)34)15-16-23(21)40-3)26(19-11-7-5-8-12-19)36(27(24)29(38)39)28(37)20-13-9-6-10-14-20/h5,7-8,11-12,15-17,20,24-27,35H,6,9-10,13-14,18H2,1-4H3,(H,38,39)/t24-,25-,26-,27-/m0/s1. The van der Waals surface area contributed by atoms with E-state index in [1.54, 1.807) is 13.8 Å². The first-order valence-electron chi connectivity index (χ1n) is 14.0. The van der Waals surface area contributed by atoms with Crippen molar-refractivity contribution in [2.45, 2.75) is 82.4 Å². The van der Waals surface area contributed by atoms with Gasteiger partial charge in [0.1, 0.15) is 11.8 Å². The Balaban J connectivity index is 1.83. The van der Waals surface area contributed by atoms with E-state index >= 15 is 0 Å². The molecule has 1 saturated heterocycles. The molecule has 7 nitrogen and oxygen atoms in total. The molecule has 0 aromatic heterocycles. The summed E-state index contributed by atoms with van der Waals surface area (Å²) in [7, 11) is 2.88. The molecule has 2 N–H and O–H groups in total. The third-order valence-corrected chi connectivity index (χ3v) is 8.73. The quantitative estimate of drug-likeness (QED) is 0.391. The first kappa shape index (κ1) is 30.8. The van der Waals surface area contributed by atoms with E-state index in [0.29, 0.717) is 12.8 Å². The van der Waals surface area contributed by atoms with Crippen LogP contribution in [0.25, 0.3) is 0 Å². The molecule has 0 radical (unpaired) electrons. The van der Waals surface area contributed by atoms with E-state index in [1.807, 2.05) is 30.3 Å². The zero-order valence-corrected chi connectivity index (χ0v) is 23.9. The van der Waals surface area contributed by atoms with Crippen LogP contribution in [0, 0.1) is 11.8 Å². The van der Waals surface area contributed by atoms with Gasteiger partial charge in [0.2, 0.25) is 5.91 Å². The largest absolute Gasteiger partial charge is 0.496 e. The van der Waals surface area contributed by atoms with Gasteiger partial charge in [-0.3, -0.25) is 4.79 Å². The number of methoxy groups -OCH3 is 2. The van der Waals surface area contributed by atoms with Crippen molar-refractivity contribution in [3.8, 4) is 5.75 Å². The molecule has 1 heterocycles. The van der Waals surface area contributed by atoms with Crippen molar-refractivity contribution < 1.29 is 37.3 Å². The number of carbonyl (C=O) groups excluding carboxylic acids is 1. The number of halogens is 3. The predicted molar refractivity (Wildman–Crippen MR) is 147 cm³/mol. The van der Waals surface area contributed by atoms with Gasteiger partial charge in [0.05, 0.1) is 24.3 Å². The molecule has 1 amide bonds. The van der Waals surface area contributed by atoms with Crippen molar-refractivity contribution in [3.05, 3.63) is 65.2 Å². The van der Waals surface area contributed by atoms with E-state index in [2.05, 4.69) is 5.32 Å². The van der Waals surface area contributed by atoms with Gasteiger partial charge in [-0.15, -0.1) is 0 Å². The third kappa shape index (κ3) is 6.38. The number of carbonyl (C=O) groups is 2. The van der Waals surface area contributed by atoms with Crippen molar-refractivity contribution in [1.82, 2.24) is 10.2 Å². The number of nitrogens with one attached hydrogen (secondary N) is 1. The Morgan fingerprint density at radius 2 is 1.68 bits per heavy atom. The number of alkyl halides is 3. The van der Waals surface area contributed by atoms with Crippen LogP contribution in [0.4, 0.5) is 13.2 Å². The molecule has 1 aliphatic heterocycles. The number of hydrogen-bond donors (Lipinski definition) is 2. The smallest absolute Gasteiger partial charge is 0.416 e. The van der Waals surface area contributed by atoms with Gasteiger partial charge in [0, 0.05) is 37.1 Å². The predicted octanol–water partition coefficient (Wildman–Crippen LogP) is 5.83. The normalized spacial score (nSPS) is 23.9. The second-order valence-electron chi connectivity index (χ2n) is 11.5. The number of ether oxygens (including phenoxy) is 2. The van der Waals surface area contributed by atoms with Crippen LogP contribution in [0.1, 0.15) is 68.7 Å². The minimum atomic E-state index is -4.54. The van der Waals surface area contributed by atoms with E-state index in [1.165, 1.54) is 25.2 Å². The fraction of sp³-hybridized carbons (Fsp3) is 0.548. The molecule has 224 valence electrons. The van der Waals surface area contributed by atoms with E-state index in [-0.39, 0.29) is 29.7 Å². The van der Waals surface area contributed by atoms with Gasteiger partial charge in [-0.25, -0.2) is 4.79 Å². The Hall–Kier alpha value is -3.11. The van der Waals surface area contributed by atoms with Crippen LogP contribution in [0.15, 0.2) is 48.5 Å². The van der Waals surface area contributed by atoms with Crippen molar-refractivity contribution in [3.63, 3.8) is 0 Å². The fourth-order valence-corrected chi connectivity index (χ4v) is 6.55. The summed E-state index contributed by atoms with van der Waals surface area (Å²) in [6, 6.07) is 9.91. The lowest BCUT2D eigenvalue weighted by Crippen LogP contribution is -2.53. The van der Waals surface area contributed by atoms with Crippen molar-refractivity contribution in [1.29, 1.82) is 0 Å². The van der Waals surface area contributed by atoms with Crippen molar-refractivity contribution in [2.24, 2.45) is 11.8 Å². The third-order valence-electron chi connectivity index (χ3n) is 8.73. The van der Waals surface area contributed by atoms with Gasteiger partial charge < -0.3 is 24.8 Å². The van der Waals surface area contributed by atoms with Crippen LogP contribution < -0.4 is 10.1 Å². The molecule has 2 aromatic rings. The number of amides is 1. The Morgan fingerprint density at radius 3 is 2.24 bits per heavy atom. The maximum Gasteiger partial charge on any atom is 0.416 e. The SMILES string of the molecule is COc1ccc(C(F)(F)F)cc1CN[C@H]1[C@H](C(C)(C)OC)[C@@H](C(=O)O)N(C(=O)C2CCCCC2)[C@H]1c1ccccc1. The minimum absolute atomic E-state index is 0.0464. The van der Waals surface area contributed by atoms with Crippen LogP contribution in [0.2, 0.25) is 0 Å². The fourth-order valence-electron chi connectivity index (χ4n) is 6.55. The number of carboxylic acids is 1. The molecular formula is C31H39F3N2O5. The second-order valence-corrected chi connectivity index (χ2v) is 11.5. The lowest BCUT2D eigenvalue weighted by atomic mass is 9.79. The number of likely N-dealkylation sites (tertiary alicyclic amines) is 1. The lowest BCUT2D eigenvalue weighted by Gasteiger charge is -2.37. The monoisotopic (exact) mass is 576 g/mol. The highest BCUT2D eigenvalue weighted by molar-refractivity contribution is 5.87. The molecule has 0 bridgehead atoms. The van der Waals surface area contributed by atoms with Gasteiger partial charge in [-0.1, -0.05) is 49.6 Å². The summed E-state index contributed by atoms with van der Waals surface area (Å²) in [6.07, 6.45) is -0.304. The van der Waals surface area contributed by atoms with Crippen LogP contribution in [0.5, 0.6) is 5.75 Å². The summed E-state index contributed by atoms with van der Waals surface area (Å²) in [5.41, 5.74) is -0.807. The molecular weight excluding hydrogens is 537 g/mol. The molecule has 4 atom stereocenters. The van der Waals surface area contributed by atoms with Crippen LogP contribution in [0.3, 0.4) is 0 Å². The van der Waals surface area contributed by atoms with Gasteiger partial charge in [0.25, 0.3) is 0 Å². The summed E-state index contributed by atoms with van der Waals surface area (Å²) >= 11 is 0. The first-order chi connectivity index (χ1) is 19.4. The van der Waals surface area contributed by atoms with Crippen molar-refractivity contribution in [2.75, 3.05) is 14.2 Å². The van der Waals surface area contributed by atoms with Crippen LogP contribution in [-0.2, 0) is 27.0 Å². The number of nitrogens with zero attached hydrogens (tertiary/aromatic N) is 1. The van der Waals surface area contributed by atoms with Gasteiger partial charge >= 0.3 is 12.1 Å². The highest BCUT2D eigenvalue weighted by atomic mass is 19.4. The minimum Gasteiger partial charge on any atom is -0.496 e. The summed E-state index contributed by atoms with van der Waals surface area (Å²) in [5, 5.41) is 14.0. The number of hydrogen-bond acceptors (Lipinski definition) is 5. The number of rotatable bonds is 9. The highest BCUT2D eigenvalue weighted by Gasteiger charge is 2.59. The Labute approximate surface area is 239 Å². The number of aliphatic carboxylic acids is 1. The molecule has 1 aliphatic carbocycles. The number of carboxylic acid groups (broad SMARTS) is 1. The zero-order valence-electron chi connectivity index (χ0n) is 23.9. The molecule has 41 heavy (non-hydrogen) atoms. The molecule has 2 fully saturated rings.